The van der Waals surface area contributed by atoms with E-state index in [1.807, 2.05) is 19.1 Å². The van der Waals surface area contributed by atoms with E-state index in [0.717, 1.165) is 17.7 Å². The molecule has 1 aromatic rings. The first-order valence-electron chi connectivity index (χ1n) is 8.57. The smallest absolute Gasteiger partial charge is 0.230 e. The van der Waals surface area contributed by atoms with Crippen LogP contribution in [0.15, 0.2) is 23.2 Å². The average Bonchev–Trinajstić information content (AvgIpc) is 2.94. The molecule has 1 aromatic carbocycles. The Kier molecular flexibility index (Phi) is 5.98. The largest absolute Gasteiger partial charge is 0.291 e. The third-order valence-corrected chi connectivity index (χ3v) is 5.84. The summed E-state index contributed by atoms with van der Waals surface area (Å²) in [5.41, 5.74) is 1.67. The topological polar surface area (TPSA) is 70.1 Å². The van der Waals surface area contributed by atoms with E-state index in [1.165, 1.54) is 16.7 Å². The SMILES string of the molecule is Cc1ccc(N=C2SCCCN2C(=O)CCN2C(=O)CCC2=O)cc1Cl. The van der Waals surface area contributed by atoms with Crippen LogP contribution in [0.5, 0.6) is 0 Å². The van der Waals surface area contributed by atoms with Crippen LogP contribution in [-0.2, 0) is 14.4 Å². The first-order valence-corrected chi connectivity index (χ1v) is 9.93. The van der Waals surface area contributed by atoms with Crippen LogP contribution in [0, 0.1) is 6.92 Å². The van der Waals surface area contributed by atoms with Gasteiger partial charge in [0.2, 0.25) is 17.7 Å². The van der Waals surface area contributed by atoms with Gasteiger partial charge in [-0.2, -0.15) is 0 Å². The van der Waals surface area contributed by atoms with Gasteiger partial charge in [0.15, 0.2) is 5.17 Å². The van der Waals surface area contributed by atoms with Crippen LogP contribution < -0.4 is 0 Å². The standard InChI is InChI=1S/C18H20ClN3O3S/c1-12-3-4-13(11-14(12)19)20-18-22(8-2-10-26-18)17(25)7-9-21-15(23)5-6-16(21)24/h3-4,11H,2,5-10H2,1H3. The highest BCUT2D eigenvalue weighted by molar-refractivity contribution is 8.13. The van der Waals surface area contributed by atoms with E-state index in [4.69, 9.17) is 11.6 Å². The minimum atomic E-state index is -0.195. The Morgan fingerprint density at radius 2 is 2.00 bits per heavy atom. The van der Waals surface area contributed by atoms with E-state index in [9.17, 15) is 14.4 Å². The van der Waals surface area contributed by atoms with Gasteiger partial charge in [-0.25, -0.2) is 4.99 Å². The lowest BCUT2D eigenvalue weighted by Gasteiger charge is -2.28. The second-order valence-corrected chi connectivity index (χ2v) is 7.73. The number of likely N-dealkylation sites (tertiary alicyclic amines) is 1. The van der Waals surface area contributed by atoms with Gasteiger partial charge in [-0.3, -0.25) is 24.2 Å². The molecule has 2 saturated heterocycles. The van der Waals surface area contributed by atoms with Gasteiger partial charge < -0.3 is 0 Å². The Morgan fingerprint density at radius 3 is 2.69 bits per heavy atom. The number of amidine groups is 1. The van der Waals surface area contributed by atoms with E-state index < -0.39 is 0 Å². The van der Waals surface area contributed by atoms with Crippen LogP contribution in [-0.4, -0.2) is 51.5 Å². The highest BCUT2D eigenvalue weighted by atomic mass is 35.5. The minimum Gasteiger partial charge on any atom is -0.291 e. The molecule has 0 bridgehead atoms. The second-order valence-electron chi connectivity index (χ2n) is 6.26. The summed E-state index contributed by atoms with van der Waals surface area (Å²) in [6.45, 7) is 2.65. The predicted octanol–water partition coefficient (Wildman–Crippen LogP) is 3.14. The summed E-state index contributed by atoms with van der Waals surface area (Å²) in [7, 11) is 0. The molecule has 0 radical (unpaired) electrons. The molecule has 2 heterocycles. The van der Waals surface area contributed by atoms with E-state index in [0.29, 0.717) is 22.4 Å². The molecule has 0 spiro atoms. The van der Waals surface area contributed by atoms with Gasteiger partial charge in [0.25, 0.3) is 0 Å². The minimum absolute atomic E-state index is 0.117. The number of hydrogen-bond donors (Lipinski definition) is 0. The predicted molar refractivity (Wildman–Crippen MR) is 103 cm³/mol. The van der Waals surface area contributed by atoms with Crippen molar-refractivity contribution in [2.24, 2.45) is 4.99 Å². The monoisotopic (exact) mass is 393 g/mol. The number of rotatable bonds is 4. The van der Waals surface area contributed by atoms with Gasteiger partial charge in [-0.1, -0.05) is 29.4 Å². The Morgan fingerprint density at radius 1 is 1.27 bits per heavy atom. The number of hydrogen-bond acceptors (Lipinski definition) is 5. The maximum Gasteiger partial charge on any atom is 0.230 e. The zero-order valence-electron chi connectivity index (χ0n) is 14.5. The molecule has 0 atom stereocenters. The fraction of sp³-hybridized carbons (Fsp3) is 0.444. The number of imide groups is 1. The molecule has 2 aliphatic heterocycles. The number of amides is 3. The lowest BCUT2D eigenvalue weighted by molar-refractivity contribution is -0.139. The van der Waals surface area contributed by atoms with Crippen molar-refractivity contribution in [3.63, 3.8) is 0 Å². The van der Waals surface area contributed by atoms with E-state index >= 15 is 0 Å². The summed E-state index contributed by atoms with van der Waals surface area (Å²) in [5, 5.41) is 1.27. The molecule has 8 heteroatoms. The second kappa shape index (κ2) is 8.22. The number of thioether (sulfide) groups is 1. The zero-order chi connectivity index (χ0) is 18.7. The molecule has 26 heavy (non-hydrogen) atoms. The highest BCUT2D eigenvalue weighted by Gasteiger charge is 2.30. The number of aliphatic imine (C=N–C) groups is 1. The van der Waals surface area contributed by atoms with Crippen molar-refractivity contribution >= 4 is 51.9 Å². The van der Waals surface area contributed by atoms with Crippen LogP contribution in [0.25, 0.3) is 0 Å². The van der Waals surface area contributed by atoms with Gasteiger partial charge in [0, 0.05) is 43.1 Å². The highest BCUT2D eigenvalue weighted by Crippen LogP contribution is 2.26. The molecule has 138 valence electrons. The Bertz CT molecular complexity index is 765. The first-order chi connectivity index (χ1) is 12.5. The number of aryl methyl sites for hydroxylation is 1. The molecule has 2 fully saturated rings. The average molecular weight is 394 g/mol. The fourth-order valence-electron chi connectivity index (χ4n) is 2.86. The number of nitrogens with zero attached hydrogens (tertiary/aromatic N) is 3. The Balaban J connectivity index is 1.70. The van der Waals surface area contributed by atoms with E-state index in [1.54, 1.807) is 11.0 Å². The van der Waals surface area contributed by atoms with E-state index in [-0.39, 0.29) is 43.5 Å². The Hall–Kier alpha value is -1.86. The maximum atomic E-state index is 12.6. The summed E-state index contributed by atoms with van der Waals surface area (Å²) in [6.07, 6.45) is 1.48. The van der Waals surface area contributed by atoms with Crippen molar-refractivity contribution in [2.45, 2.75) is 32.6 Å². The van der Waals surface area contributed by atoms with Crippen molar-refractivity contribution in [1.29, 1.82) is 0 Å². The van der Waals surface area contributed by atoms with Crippen LogP contribution in [0.4, 0.5) is 5.69 Å². The Labute approximate surface area is 161 Å². The van der Waals surface area contributed by atoms with Crippen LogP contribution in [0.2, 0.25) is 5.02 Å². The van der Waals surface area contributed by atoms with Gasteiger partial charge >= 0.3 is 0 Å². The molecule has 3 amide bonds. The van der Waals surface area contributed by atoms with Gasteiger partial charge in [0.1, 0.15) is 0 Å². The number of carbonyl (C=O) groups is 3. The lowest BCUT2D eigenvalue weighted by atomic mass is 10.2. The van der Waals surface area contributed by atoms with Crippen molar-refractivity contribution in [3.8, 4) is 0 Å². The molecule has 0 N–H and O–H groups in total. The molecule has 0 aliphatic carbocycles. The summed E-state index contributed by atoms with van der Waals surface area (Å²) in [5.74, 6) is 0.380. The van der Waals surface area contributed by atoms with Gasteiger partial charge in [-0.15, -0.1) is 0 Å². The molecule has 3 rings (SSSR count). The van der Waals surface area contributed by atoms with Crippen molar-refractivity contribution in [3.05, 3.63) is 28.8 Å². The van der Waals surface area contributed by atoms with Crippen molar-refractivity contribution in [2.75, 3.05) is 18.8 Å². The van der Waals surface area contributed by atoms with Crippen LogP contribution in [0.3, 0.4) is 0 Å². The molecule has 0 saturated carbocycles. The van der Waals surface area contributed by atoms with Gasteiger partial charge in [-0.05, 0) is 31.0 Å². The third-order valence-electron chi connectivity index (χ3n) is 4.37. The summed E-state index contributed by atoms with van der Waals surface area (Å²) < 4.78 is 0. The quantitative estimate of drug-likeness (QED) is 0.737. The summed E-state index contributed by atoms with van der Waals surface area (Å²) in [6, 6.07) is 5.54. The molecule has 6 nitrogen and oxygen atoms in total. The molecular formula is C18H20ClN3O3S. The van der Waals surface area contributed by atoms with Crippen molar-refractivity contribution in [1.82, 2.24) is 9.80 Å². The fourth-order valence-corrected chi connectivity index (χ4v) is 4.01. The van der Waals surface area contributed by atoms with Crippen LogP contribution in [0.1, 0.15) is 31.2 Å². The summed E-state index contributed by atoms with van der Waals surface area (Å²) in [4.78, 5) is 43.4. The number of carbonyl (C=O) groups excluding carboxylic acids is 3. The lowest BCUT2D eigenvalue weighted by Crippen LogP contribution is -2.41. The maximum absolute atomic E-state index is 12.6. The normalized spacial score (nSPS) is 19.5. The van der Waals surface area contributed by atoms with Gasteiger partial charge in [0.05, 0.1) is 5.69 Å². The zero-order valence-corrected chi connectivity index (χ0v) is 16.1. The molecular weight excluding hydrogens is 374 g/mol. The molecule has 0 unspecified atom stereocenters. The van der Waals surface area contributed by atoms with Crippen LogP contribution >= 0.6 is 23.4 Å². The summed E-state index contributed by atoms with van der Waals surface area (Å²) >= 11 is 7.68. The third kappa shape index (κ3) is 4.27. The van der Waals surface area contributed by atoms with E-state index in [2.05, 4.69) is 4.99 Å². The number of halogens is 1. The molecule has 2 aliphatic rings. The molecule has 0 aromatic heterocycles. The van der Waals surface area contributed by atoms with Crippen molar-refractivity contribution < 1.29 is 14.4 Å². The first kappa shape index (κ1) is 18.9. The number of benzene rings is 1.